The van der Waals surface area contributed by atoms with Crippen LogP contribution in [0.25, 0.3) is 0 Å². The first-order valence-corrected chi connectivity index (χ1v) is 8.32. The van der Waals surface area contributed by atoms with Gasteiger partial charge < -0.3 is 15.2 Å². The van der Waals surface area contributed by atoms with Gasteiger partial charge in [-0.2, -0.15) is 0 Å². The predicted molar refractivity (Wildman–Crippen MR) is 85.2 cm³/mol. The third-order valence-corrected chi connectivity index (χ3v) is 4.05. The average molecular weight is 313 g/mol. The van der Waals surface area contributed by atoms with Gasteiger partial charge in [0.05, 0.1) is 12.2 Å². The maximum atomic E-state index is 12.3. The molecule has 1 rings (SSSR count). The van der Waals surface area contributed by atoms with E-state index in [0.717, 1.165) is 25.7 Å². The molecule has 0 heterocycles. The van der Waals surface area contributed by atoms with Crippen LogP contribution in [-0.2, 0) is 14.3 Å². The number of ether oxygens (including phenoxy) is 1. The molecule has 2 N–H and O–H groups in total. The van der Waals surface area contributed by atoms with Crippen molar-refractivity contribution in [2.24, 2.45) is 11.3 Å². The number of hydrogen-bond donors (Lipinski definition) is 2. The number of esters is 1. The minimum atomic E-state index is -0.989. The lowest BCUT2D eigenvalue weighted by atomic mass is 9.82. The molecule has 0 aromatic heterocycles. The van der Waals surface area contributed by atoms with Crippen molar-refractivity contribution in [3.63, 3.8) is 0 Å². The van der Waals surface area contributed by atoms with Crippen LogP contribution in [0.2, 0.25) is 0 Å². The molecule has 128 valence electrons. The van der Waals surface area contributed by atoms with E-state index in [9.17, 15) is 14.7 Å². The van der Waals surface area contributed by atoms with Gasteiger partial charge in [0.2, 0.25) is 5.91 Å². The Labute approximate surface area is 133 Å². The molecule has 5 heteroatoms. The number of aliphatic hydroxyl groups excluding tert-OH is 1. The van der Waals surface area contributed by atoms with E-state index in [4.69, 9.17) is 4.74 Å². The van der Waals surface area contributed by atoms with Crippen molar-refractivity contribution in [1.82, 2.24) is 5.32 Å². The second-order valence-electron chi connectivity index (χ2n) is 7.58. The first-order chi connectivity index (χ1) is 10.1. The van der Waals surface area contributed by atoms with Crippen LogP contribution in [0.15, 0.2) is 0 Å². The summed E-state index contributed by atoms with van der Waals surface area (Å²) in [4.78, 5) is 24.5. The van der Waals surface area contributed by atoms with Crippen molar-refractivity contribution < 1.29 is 19.4 Å². The van der Waals surface area contributed by atoms with E-state index in [1.165, 1.54) is 6.42 Å². The summed E-state index contributed by atoms with van der Waals surface area (Å²) in [6.45, 7) is 8.85. The van der Waals surface area contributed by atoms with Crippen molar-refractivity contribution in [3.8, 4) is 0 Å². The van der Waals surface area contributed by atoms with E-state index in [1.54, 1.807) is 34.6 Å². The van der Waals surface area contributed by atoms with Gasteiger partial charge in [0.25, 0.3) is 0 Å². The topological polar surface area (TPSA) is 75.6 Å². The molecule has 0 spiro atoms. The molecule has 0 radical (unpaired) electrons. The van der Waals surface area contributed by atoms with Gasteiger partial charge in [0, 0.05) is 5.41 Å². The fourth-order valence-electron chi connectivity index (χ4n) is 2.69. The zero-order chi connectivity index (χ0) is 16.9. The maximum Gasteiger partial charge on any atom is 0.331 e. The molecule has 0 aromatic carbocycles. The summed E-state index contributed by atoms with van der Waals surface area (Å²) < 4.78 is 5.22. The Morgan fingerprint density at radius 1 is 1.14 bits per heavy atom. The van der Waals surface area contributed by atoms with Crippen LogP contribution in [0.4, 0.5) is 0 Å². The van der Waals surface area contributed by atoms with Crippen LogP contribution in [-0.4, -0.2) is 35.2 Å². The molecule has 1 aliphatic carbocycles. The molecule has 0 saturated heterocycles. The van der Waals surface area contributed by atoms with Crippen LogP contribution >= 0.6 is 0 Å². The molecule has 0 aromatic rings. The standard InChI is InChI=1S/C17H31NO4/c1-11(2)22-15(20)13(18-16(21)17(3,4)5)14(19)12-9-7-6-8-10-12/h11-14,19H,6-10H2,1-5H3,(H,18,21). The van der Waals surface area contributed by atoms with Crippen LogP contribution in [0.5, 0.6) is 0 Å². The number of rotatable bonds is 5. The number of hydrogen-bond acceptors (Lipinski definition) is 4. The highest BCUT2D eigenvalue weighted by atomic mass is 16.5. The van der Waals surface area contributed by atoms with Crippen LogP contribution in [0.1, 0.15) is 66.7 Å². The molecular weight excluding hydrogens is 282 g/mol. The summed E-state index contributed by atoms with van der Waals surface area (Å²) in [5.74, 6) is -0.766. The van der Waals surface area contributed by atoms with Gasteiger partial charge in [-0.15, -0.1) is 0 Å². The minimum absolute atomic E-state index is 0.0405. The zero-order valence-corrected chi connectivity index (χ0v) is 14.5. The Balaban J connectivity index is 2.84. The van der Waals surface area contributed by atoms with Crippen LogP contribution in [0, 0.1) is 11.3 Å². The van der Waals surface area contributed by atoms with Crippen molar-refractivity contribution in [3.05, 3.63) is 0 Å². The summed E-state index contributed by atoms with van der Waals surface area (Å²) in [6.07, 6.45) is 3.88. The number of nitrogens with one attached hydrogen (secondary N) is 1. The average Bonchev–Trinajstić information content (AvgIpc) is 2.42. The van der Waals surface area contributed by atoms with Gasteiger partial charge in [-0.1, -0.05) is 40.0 Å². The Hall–Kier alpha value is -1.10. The van der Waals surface area contributed by atoms with Crippen LogP contribution < -0.4 is 5.32 Å². The fourth-order valence-corrected chi connectivity index (χ4v) is 2.69. The first kappa shape index (κ1) is 18.9. The van der Waals surface area contributed by atoms with Gasteiger partial charge in [-0.25, -0.2) is 4.79 Å². The van der Waals surface area contributed by atoms with Gasteiger partial charge in [0.1, 0.15) is 0 Å². The minimum Gasteiger partial charge on any atom is -0.461 e. The van der Waals surface area contributed by atoms with E-state index >= 15 is 0 Å². The normalized spacial score (nSPS) is 19.6. The van der Waals surface area contributed by atoms with E-state index in [2.05, 4.69) is 5.32 Å². The predicted octanol–water partition coefficient (Wildman–Crippen LogP) is 2.41. The van der Waals surface area contributed by atoms with Crippen molar-refractivity contribution in [1.29, 1.82) is 0 Å². The second-order valence-corrected chi connectivity index (χ2v) is 7.58. The third-order valence-electron chi connectivity index (χ3n) is 4.05. The van der Waals surface area contributed by atoms with Crippen LogP contribution in [0.3, 0.4) is 0 Å². The quantitative estimate of drug-likeness (QED) is 0.764. The van der Waals surface area contributed by atoms with E-state index in [0.29, 0.717) is 0 Å². The number of carbonyl (C=O) groups excluding carboxylic acids is 2. The Bertz CT molecular complexity index is 381. The number of aliphatic hydroxyl groups is 1. The van der Waals surface area contributed by atoms with Gasteiger partial charge in [0.15, 0.2) is 6.04 Å². The van der Waals surface area contributed by atoms with Gasteiger partial charge >= 0.3 is 5.97 Å². The maximum absolute atomic E-state index is 12.3. The number of amides is 1. The lowest BCUT2D eigenvalue weighted by Gasteiger charge is -2.33. The van der Waals surface area contributed by atoms with Gasteiger partial charge in [-0.3, -0.25) is 4.79 Å². The summed E-state index contributed by atoms with van der Waals surface area (Å²) in [5, 5.41) is 13.3. The summed E-state index contributed by atoms with van der Waals surface area (Å²) in [7, 11) is 0. The zero-order valence-electron chi connectivity index (χ0n) is 14.5. The molecular formula is C17H31NO4. The fraction of sp³-hybridized carbons (Fsp3) is 0.882. The Kier molecular flexibility index (Phi) is 6.85. The molecule has 0 aliphatic heterocycles. The SMILES string of the molecule is CC(C)OC(=O)C(NC(=O)C(C)(C)C)C(O)C1CCCCC1. The van der Waals surface area contributed by atoms with Crippen molar-refractivity contribution in [2.75, 3.05) is 0 Å². The molecule has 1 aliphatic rings. The lowest BCUT2D eigenvalue weighted by molar-refractivity contribution is -0.157. The Morgan fingerprint density at radius 2 is 1.68 bits per heavy atom. The smallest absolute Gasteiger partial charge is 0.331 e. The first-order valence-electron chi connectivity index (χ1n) is 8.32. The monoisotopic (exact) mass is 313 g/mol. The second kappa shape index (κ2) is 7.95. The van der Waals surface area contributed by atoms with E-state index < -0.39 is 23.5 Å². The molecule has 2 atom stereocenters. The number of carbonyl (C=O) groups is 2. The largest absolute Gasteiger partial charge is 0.461 e. The molecule has 0 bridgehead atoms. The summed E-state index contributed by atoms with van der Waals surface area (Å²) >= 11 is 0. The third kappa shape index (κ3) is 5.59. The highest BCUT2D eigenvalue weighted by Crippen LogP contribution is 2.28. The highest BCUT2D eigenvalue weighted by Gasteiger charge is 2.37. The Morgan fingerprint density at radius 3 is 2.14 bits per heavy atom. The summed E-state index contributed by atoms with van der Waals surface area (Å²) in [6, 6.07) is -0.989. The van der Waals surface area contributed by atoms with E-state index in [-0.39, 0.29) is 17.9 Å². The van der Waals surface area contributed by atoms with Crippen molar-refractivity contribution >= 4 is 11.9 Å². The summed E-state index contributed by atoms with van der Waals surface area (Å²) in [5.41, 5.74) is -0.622. The molecule has 5 nitrogen and oxygen atoms in total. The highest BCUT2D eigenvalue weighted by molar-refractivity contribution is 5.87. The molecule has 1 amide bonds. The van der Waals surface area contributed by atoms with E-state index in [1.807, 2.05) is 0 Å². The molecule has 22 heavy (non-hydrogen) atoms. The van der Waals surface area contributed by atoms with Gasteiger partial charge in [-0.05, 0) is 32.6 Å². The lowest BCUT2D eigenvalue weighted by Crippen LogP contribution is -2.55. The molecule has 1 fully saturated rings. The van der Waals surface area contributed by atoms with Crippen molar-refractivity contribution in [2.45, 2.75) is 85.0 Å². The molecule has 2 unspecified atom stereocenters. The molecule has 1 saturated carbocycles.